The summed E-state index contributed by atoms with van der Waals surface area (Å²) in [5.41, 5.74) is 0. The monoisotopic (exact) mass is 332 g/mol. The van der Waals surface area contributed by atoms with Crippen LogP contribution >= 0.6 is 11.6 Å². The van der Waals surface area contributed by atoms with Crippen molar-refractivity contribution in [1.82, 2.24) is 10.0 Å². The van der Waals surface area contributed by atoms with Gasteiger partial charge in [0.05, 0.1) is 10.9 Å². The predicted molar refractivity (Wildman–Crippen MR) is 83.7 cm³/mol. The van der Waals surface area contributed by atoms with Crippen molar-refractivity contribution in [3.63, 3.8) is 0 Å². The number of benzene rings is 1. The van der Waals surface area contributed by atoms with E-state index in [2.05, 4.69) is 10.0 Å². The van der Waals surface area contributed by atoms with Gasteiger partial charge >= 0.3 is 0 Å². The largest absolute Gasteiger partial charge is 0.352 e. The van der Waals surface area contributed by atoms with Gasteiger partial charge in [0, 0.05) is 11.1 Å². The molecule has 0 aliphatic rings. The summed E-state index contributed by atoms with van der Waals surface area (Å²) in [5, 5.41) is 3.26. The molecule has 0 aromatic heterocycles. The Bertz CT molecular complexity index is 568. The Hall–Kier alpha value is -1.11. The fourth-order valence-corrected chi connectivity index (χ4v) is 3.12. The van der Waals surface area contributed by atoms with Crippen LogP contribution in [0.2, 0.25) is 5.02 Å². The second-order valence-corrected chi connectivity index (χ2v) is 6.97. The summed E-state index contributed by atoms with van der Waals surface area (Å²) in [6.07, 6.45) is 1.61. The van der Waals surface area contributed by atoms with Crippen molar-refractivity contribution < 1.29 is 13.2 Å². The average molecular weight is 333 g/mol. The van der Waals surface area contributed by atoms with Crippen molar-refractivity contribution in [1.29, 1.82) is 0 Å². The fourth-order valence-electron chi connectivity index (χ4n) is 1.79. The molecule has 1 rings (SSSR count). The van der Waals surface area contributed by atoms with E-state index in [0.29, 0.717) is 5.02 Å². The molecule has 118 valence electrons. The van der Waals surface area contributed by atoms with Gasteiger partial charge in [-0.1, -0.05) is 25.4 Å². The summed E-state index contributed by atoms with van der Waals surface area (Å²) in [6, 6.07) is 4.99. The first kappa shape index (κ1) is 17.9. The Kier molecular flexibility index (Phi) is 6.64. The van der Waals surface area contributed by atoms with Crippen LogP contribution in [0, 0.1) is 0 Å². The van der Waals surface area contributed by atoms with Crippen LogP contribution in [0.25, 0.3) is 0 Å². The maximum absolute atomic E-state index is 12.1. The van der Waals surface area contributed by atoms with Crippen LogP contribution in [0.15, 0.2) is 29.2 Å². The third-order valence-electron chi connectivity index (χ3n) is 3.18. The van der Waals surface area contributed by atoms with E-state index in [1.807, 2.05) is 13.8 Å². The van der Waals surface area contributed by atoms with Gasteiger partial charge in [0.1, 0.15) is 0 Å². The van der Waals surface area contributed by atoms with Gasteiger partial charge in [0.15, 0.2) is 0 Å². The van der Waals surface area contributed by atoms with Crippen LogP contribution in [-0.2, 0) is 14.8 Å². The van der Waals surface area contributed by atoms with Gasteiger partial charge in [0.25, 0.3) is 0 Å². The Morgan fingerprint density at radius 2 is 1.71 bits per heavy atom. The van der Waals surface area contributed by atoms with Crippen LogP contribution in [0.3, 0.4) is 0 Å². The lowest BCUT2D eigenvalue weighted by molar-refractivity contribution is -0.123. The average Bonchev–Trinajstić information content (AvgIpc) is 2.44. The van der Waals surface area contributed by atoms with E-state index in [9.17, 15) is 13.2 Å². The summed E-state index contributed by atoms with van der Waals surface area (Å²) < 4.78 is 26.7. The summed E-state index contributed by atoms with van der Waals surface area (Å²) in [4.78, 5) is 12.1. The highest BCUT2D eigenvalue weighted by atomic mass is 35.5. The lowest BCUT2D eigenvalue weighted by Gasteiger charge is -2.19. The smallest absolute Gasteiger partial charge is 0.241 e. The maximum atomic E-state index is 12.1. The zero-order valence-electron chi connectivity index (χ0n) is 12.4. The van der Waals surface area contributed by atoms with Gasteiger partial charge in [-0.15, -0.1) is 0 Å². The number of rotatable bonds is 7. The first-order valence-electron chi connectivity index (χ1n) is 6.88. The topological polar surface area (TPSA) is 75.3 Å². The molecule has 0 bridgehead atoms. The molecule has 0 aliphatic carbocycles. The lowest BCUT2D eigenvalue weighted by Crippen LogP contribution is -2.47. The normalized spacial score (nSPS) is 13.2. The van der Waals surface area contributed by atoms with Gasteiger partial charge in [-0.3, -0.25) is 4.79 Å². The number of hydrogen-bond acceptors (Lipinski definition) is 3. The molecule has 0 fully saturated rings. The van der Waals surface area contributed by atoms with Crippen molar-refractivity contribution >= 4 is 27.5 Å². The molecule has 0 spiro atoms. The SMILES string of the molecule is CCC(CC)NC(=O)C(C)NS(=O)(=O)c1ccc(Cl)cc1. The van der Waals surface area contributed by atoms with Crippen molar-refractivity contribution in [3.05, 3.63) is 29.3 Å². The second-order valence-electron chi connectivity index (χ2n) is 4.82. The van der Waals surface area contributed by atoms with Crippen molar-refractivity contribution in [2.24, 2.45) is 0 Å². The van der Waals surface area contributed by atoms with Gasteiger partial charge in [-0.2, -0.15) is 4.72 Å². The zero-order valence-corrected chi connectivity index (χ0v) is 14.0. The zero-order chi connectivity index (χ0) is 16.0. The molecule has 1 aromatic carbocycles. The summed E-state index contributed by atoms with van der Waals surface area (Å²) >= 11 is 5.73. The number of sulfonamides is 1. The molecule has 0 saturated heterocycles. The van der Waals surface area contributed by atoms with Crippen LogP contribution in [0.5, 0.6) is 0 Å². The van der Waals surface area contributed by atoms with Crippen LogP contribution in [0.1, 0.15) is 33.6 Å². The van der Waals surface area contributed by atoms with Crippen molar-refractivity contribution in [3.8, 4) is 0 Å². The van der Waals surface area contributed by atoms with E-state index in [0.717, 1.165) is 12.8 Å². The standard InChI is InChI=1S/C14H21ClN2O3S/c1-4-12(5-2)16-14(18)10(3)17-21(19,20)13-8-6-11(15)7-9-13/h6-10,12,17H,4-5H2,1-3H3,(H,16,18). The molecule has 0 aliphatic heterocycles. The molecule has 0 saturated carbocycles. The molecule has 1 unspecified atom stereocenters. The molecule has 1 aromatic rings. The Balaban J connectivity index is 2.74. The Labute approximate surface area is 131 Å². The van der Waals surface area contributed by atoms with Crippen molar-refractivity contribution in [2.45, 2.75) is 50.6 Å². The molecule has 0 heterocycles. The highest BCUT2D eigenvalue weighted by molar-refractivity contribution is 7.89. The Morgan fingerprint density at radius 1 is 1.19 bits per heavy atom. The minimum Gasteiger partial charge on any atom is -0.352 e. The lowest BCUT2D eigenvalue weighted by atomic mass is 10.1. The molecule has 5 nitrogen and oxygen atoms in total. The molecule has 1 atom stereocenters. The number of halogens is 1. The first-order chi connectivity index (χ1) is 9.80. The highest BCUT2D eigenvalue weighted by Crippen LogP contribution is 2.14. The van der Waals surface area contributed by atoms with E-state index in [1.54, 1.807) is 0 Å². The minimum absolute atomic E-state index is 0.0555. The van der Waals surface area contributed by atoms with Gasteiger partial charge in [0.2, 0.25) is 15.9 Å². The summed E-state index contributed by atoms with van der Waals surface area (Å²) in [7, 11) is -3.74. The summed E-state index contributed by atoms with van der Waals surface area (Å²) in [5.74, 6) is -0.332. The molecule has 1 amide bonds. The molecule has 21 heavy (non-hydrogen) atoms. The number of nitrogens with one attached hydrogen (secondary N) is 2. The van der Waals surface area contributed by atoms with E-state index >= 15 is 0 Å². The van der Waals surface area contributed by atoms with Crippen LogP contribution in [0.4, 0.5) is 0 Å². The first-order valence-corrected chi connectivity index (χ1v) is 8.74. The number of amides is 1. The third-order valence-corrected chi connectivity index (χ3v) is 4.99. The maximum Gasteiger partial charge on any atom is 0.241 e. The summed E-state index contributed by atoms with van der Waals surface area (Å²) in [6.45, 7) is 5.46. The molecular weight excluding hydrogens is 312 g/mol. The molecule has 2 N–H and O–H groups in total. The number of hydrogen-bond donors (Lipinski definition) is 2. The predicted octanol–water partition coefficient (Wildman–Crippen LogP) is 2.31. The van der Waals surface area contributed by atoms with E-state index < -0.39 is 16.1 Å². The fraction of sp³-hybridized carbons (Fsp3) is 0.500. The van der Waals surface area contributed by atoms with E-state index in [4.69, 9.17) is 11.6 Å². The third kappa shape index (κ3) is 5.30. The van der Waals surface area contributed by atoms with Gasteiger partial charge < -0.3 is 5.32 Å². The number of carbonyl (C=O) groups is 1. The van der Waals surface area contributed by atoms with Crippen LogP contribution < -0.4 is 10.0 Å². The molecule has 7 heteroatoms. The highest BCUT2D eigenvalue weighted by Gasteiger charge is 2.23. The van der Waals surface area contributed by atoms with E-state index in [-0.39, 0.29) is 16.8 Å². The number of carbonyl (C=O) groups excluding carboxylic acids is 1. The van der Waals surface area contributed by atoms with Gasteiger partial charge in [-0.25, -0.2) is 8.42 Å². The molecular formula is C14H21ClN2O3S. The van der Waals surface area contributed by atoms with Crippen LogP contribution in [-0.4, -0.2) is 26.4 Å². The quantitative estimate of drug-likeness (QED) is 0.804. The van der Waals surface area contributed by atoms with Gasteiger partial charge in [-0.05, 0) is 44.0 Å². The van der Waals surface area contributed by atoms with Crippen molar-refractivity contribution in [2.75, 3.05) is 0 Å². The van der Waals surface area contributed by atoms with E-state index in [1.165, 1.54) is 31.2 Å². The minimum atomic E-state index is -3.74. The molecule has 0 radical (unpaired) electrons. The second kappa shape index (κ2) is 7.77. The Morgan fingerprint density at radius 3 is 2.19 bits per heavy atom.